The summed E-state index contributed by atoms with van der Waals surface area (Å²) in [5.41, 5.74) is 1.09. The molecule has 2 amide bonds. The number of likely N-dealkylation sites (N-methyl/N-ethyl adjacent to an activating group) is 1. The summed E-state index contributed by atoms with van der Waals surface area (Å²) >= 11 is 0. The number of amides is 2. The van der Waals surface area contributed by atoms with Crippen LogP contribution in [0.3, 0.4) is 0 Å². The standard InChI is InChI=1S/C16H24N4O4S/c1-17-16(22)14-12-20(15(21)10-18-25(2,23)24)9-8-19(14)11-13-6-4-3-5-7-13/h3-7,14,18H,8-12H2,1-2H3,(H,17,22)/t14-/m0/s1. The van der Waals surface area contributed by atoms with Crippen LogP contribution in [0.1, 0.15) is 5.56 Å². The van der Waals surface area contributed by atoms with Gasteiger partial charge in [-0.25, -0.2) is 13.1 Å². The zero-order valence-corrected chi connectivity index (χ0v) is 15.3. The molecule has 9 heteroatoms. The molecule has 1 atom stereocenters. The van der Waals surface area contributed by atoms with Gasteiger partial charge in [-0.05, 0) is 5.56 Å². The zero-order chi connectivity index (χ0) is 18.4. The number of nitrogens with one attached hydrogen (secondary N) is 2. The molecule has 2 N–H and O–H groups in total. The molecule has 0 aromatic heterocycles. The predicted octanol–water partition coefficient (Wildman–Crippen LogP) is -1.01. The van der Waals surface area contributed by atoms with Gasteiger partial charge in [0, 0.05) is 33.2 Å². The number of nitrogens with zero attached hydrogens (tertiary/aromatic N) is 2. The lowest BCUT2D eigenvalue weighted by atomic mass is 10.1. The van der Waals surface area contributed by atoms with Crippen LogP contribution in [0.4, 0.5) is 0 Å². The number of rotatable bonds is 6. The molecule has 0 radical (unpaired) electrons. The van der Waals surface area contributed by atoms with Gasteiger partial charge in [0.15, 0.2) is 0 Å². The van der Waals surface area contributed by atoms with Crippen LogP contribution < -0.4 is 10.0 Å². The Morgan fingerprint density at radius 2 is 1.88 bits per heavy atom. The second-order valence-corrected chi connectivity index (χ2v) is 7.85. The first-order chi connectivity index (χ1) is 11.8. The molecule has 25 heavy (non-hydrogen) atoms. The summed E-state index contributed by atoms with van der Waals surface area (Å²) in [4.78, 5) is 28.0. The van der Waals surface area contributed by atoms with E-state index in [4.69, 9.17) is 0 Å². The van der Waals surface area contributed by atoms with Gasteiger partial charge in [-0.3, -0.25) is 14.5 Å². The van der Waals surface area contributed by atoms with E-state index in [2.05, 4.69) is 10.0 Å². The number of sulfonamides is 1. The highest BCUT2D eigenvalue weighted by atomic mass is 32.2. The third-order valence-corrected chi connectivity index (χ3v) is 4.78. The van der Waals surface area contributed by atoms with E-state index >= 15 is 0 Å². The Labute approximate surface area is 148 Å². The van der Waals surface area contributed by atoms with Gasteiger partial charge < -0.3 is 10.2 Å². The summed E-state index contributed by atoms with van der Waals surface area (Å²) in [7, 11) is -1.87. The summed E-state index contributed by atoms with van der Waals surface area (Å²) < 4.78 is 24.5. The largest absolute Gasteiger partial charge is 0.358 e. The maximum atomic E-state index is 12.3. The van der Waals surface area contributed by atoms with Crippen molar-refractivity contribution in [3.63, 3.8) is 0 Å². The van der Waals surface area contributed by atoms with Gasteiger partial charge in [0.25, 0.3) is 0 Å². The molecule has 2 rings (SSSR count). The van der Waals surface area contributed by atoms with Gasteiger partial charge in [-0.15, -0.1) is 0 Å². The van der Waals surface area contributed by atoms with E-state index < -0.39 is 16.1 Å². The lowest BCUT2D eigenvalue weighted by molar-refractivity contribution is -0.137. The number of hydrogen-bond acceptors (Lipinski definition) is 5. The Hall–Kier alpha value is -1.97. The topological polar surface area (TPSA) is 98.8 Å². The van der Waals surface area contributed by atoms with E-state index in [1.807, 2.05) is 35.2 Å². The fourth-order valence-electron chi connectivity index (χ4n) is 2.77. The smallest absolute Gasteiger partial charge is 0.238 e. The fraction of sp³-hybridized carbons (Fsp3) is 0.500. The van der Waals surface area contributed by atoms with Crippen LogP contribution in [0.25, 0.3) is 0 Å². The Morgan fingerprint density at radius 3 is 2.48 bits per heavy atom. The second kappa shape index (κ2) is 8.41. The Bertz CT molecular complexity index is 708. The predicted molar refractivity (Wildman–Crippen MR) is 94.1 cm³/mol. The minimum absolute atomic E-state index is 0.162. The molecule has 1 fully saturated rings. The van der Waals surface area contributed by atoms with E-state index in [1.165, 1.54) is 4.90 Å². The average molecular weight is 368 g/mol. The van der Waals surface area contributed by atoms with E-state index in [9.17, 15) is 18.0 Å². The molecule has 0 bridgehead atoms. The van der Waals surface area contributed by atoms with E-state index in [-0.39, 0.29) is 24.9 Å². The molecule has 0 spiro atoms. The van der Waals surface area contributed by atoms with Crippen LogP contribution in [0.2, 0.25) is 0 Å². The van der Waals surface area contributed by atoms with Crippen molar-refractivity contribution in [3.05, 3.63) is 35.9 Å². The normalized spacial score (nSPS) is 18.8. The number of hydrogen-bond donors (Lipinski definition) is 2. The lowest BCUT2D eigenvalue weighted by Crippen LogP contribution is -2.60. The van der Waals surface area contributed by atoms with Crippen molar-refractivity contribution < 1.29 is 18.0 Å². The number of benzene rings is 1. The molecule has 8 nitrogen and oxygen atoms in total. The van der Waals surface area contributed by atoms with Gasteiger partial charge in [-0.2, -0.15) is 0 Å². The number of carbonyl (C=O) groups is 2. The molecule has 1 aromatic carbocycles. The monoisotopic (exact) mass is 368 g/mol. The molecule has 1 aromatic rings. The maximum Gasteiger partial charge on any atom is 0.238 e. The fourth-order valence-corrected chi connectivity index (χ4v) is 3.16. The van der Waals surface area contributed by atoms with Crippen LogP contribution in [0, 0.1) is 0 Å². The first-order valence-corrected chi connectivity index (χ1v) is 9.91. The summed E-state index contributed by atoms with van der Waals surface area (Å²) in [5, 5.41) is 2.64. The van der Waals surface area contributed by atoms with Crippen LogP contribution in [-0.2, 0) is 26.2 Å². The molecule has 0 saturated carbocycles. The van der Waals surface area contributed by atoms with Gasteiger partial charge in [0.05, 0.1) is 12.8 Å². The zero-order valence-electron chi connectivity index (χ0n) is 14.4. The van der Waals surface area contributed by atoms with Crippen LogP contribution in [0.15, 0.2) is 30.3 Å². The molecule has 1 saturated heterocycles. The van der Waals surface area contributed by atoms with Crippen molar-refractivity contribution in [1.29, 1.82) is 0 Å². The van der Waals surface area contributed by atoms with Crippen molar-refractivity contribution in [2.24, 2.45) is 0 Å². The number of piperazine rings is 1. The molecule has 1 aliphatic rings. The molecule has 138 valence electrons. The van der Waals surface area contributed by atoms with Crippen molar-refractivity contribution in [2.75, 3.05) is 39.5 Å². The first kappa shape index (κ1) is 19.4. The molecule has 1 aliphatic heterocycles. The van der Waals surface area contributed by atoms with Crippen LogP contribution in [-0.4, -0.2) is 75.6 Å². The van der Waals surface area contributed by atoms with E-state index in [1.54, 1.807) is 7.05 Å². The van der Waals surface area contributed by atoms with Crippen molar-refractivity contribution in [3.8, 4) is 0 Å². The minimum atomic E-state index is -3.43. The maximum absolute atomic E-state index is 12.3. The summed E-state index contributed by atoms with van der Waals surface area (Å²) in [5.74, 6) is -0.497. The molecule has 1 heterocycles. The van der Waals surface area contributed by atoms with E-state index in [0.29, 0.717) is 19.6 Å². The average Bonchev–Trinajstić information content (AvgIpc) is 2.59. The van der Waals surface area contributed by atoms with Gasteiger partial charge in [-0.1, -0.05) is 30.3 Å². The molecular formula is C16H24N4O4S. The van der Waals surface area contributed by atoms with Crippen molar-refractivity contribution in [2.45, 2.75) is 12.6 Å². The van der Waals surface area contributed by atoms with Crippen molar-refractivity contribution >= 4 is 21.8 Å². The summed E-state index contributed by atoms with van der Waals surface area (Å²) in [6.45, 7) is 1.54. The highest BCUT2D eigenvalue weighted by Gasteiger charge is 2.33. The van der Waals surface area contributed by atoms with Crippen molar-refractivity contribution in [1.82, 2.24) is 19.8 Å². The SMILES string of the molecule is CNC(=O)[C@@H]1CN(C(=O)CNS(C)(=O)=O)CCN1Cc1ccccc1. The third kappa shape index (κ3) is 5.80. The Morgan fingerprint density at radius 1 is 1.20 bits per heavy atom. The highest BCUT2D eigenvalue weighted by molar-refractivity contribution is 7.88. The summed E-state index contributed by atoms with van der Waals surface area (Å²) in [6.07, 6.45) is 1.01. The van der Waals surface area contributed by atoms with Crippen LogP contribution in [0.5, 0.6) is 0 Å². The molecule has 0 unspecified atom stereocenters. The number of carbonyl (C=O) groups excluding carboxylic acids is 2. The third-order valence-electron chi connectivity index (χ3n) is 4.11. The lowest BCUT2D eigenvalue weighted by Gasteiger charge is -2.40. The second-order valence-electron chi connectivity index (χ2n) is 6.02. The quantitative estimate of drug-likeness (QED) is 0.671. The van der Waals surface area contributed by atoms with Gasteiger partial charge in [0.1, 0.15) is 6.04 Å². The Balaban J connectivity index is 2.04. The van der Waals surface area contributed by atoms with E-state index in [0.717, 1.165) is 11.8 Å². The Kier molecular flexibility index (Phi) is 6.51. The van der Waals surface area contributed by atoms with Gasteiger partial charge in [0.2, 0.25) is 21.8 Å². The highest BCUT2D eigenvalue weighted by Crippen LogP contribution is 2.14. The summed E-state index contributed by atoms with van der Waals surface area (Å²) in [6, 6.07) is 9.34. The molecule has 0 aliphatic carbocycles. The minimum Gasteiger partial charge on any atom is -0.358 e. The van der Waals surface area contributed by atoms with Gasteiger partial charge >= 0.3 is 0 Å². The first-order valence-electron chi connectivity index (χ1n) is 8.02. The molecular weight excluding hydrogens is 344 g/mol. The van der Waals surface area contributed by atoms with Crippen LogP contribution >= 0.6 is 0 Å².